The Balaban J connectivity index is 1.82. The quantitative estimate of drug-likeness (QED) is 0.556. The van der Waals surface area contributed by atoms with E-state index in [9.17, 15) is 4.79 Å². The molecule has 1 heterocycles. The van der Waals surface area contributed by atoms with Crippen molar-refractivity contribution in [3.63, 3.8) is 0 Å². The highest BCUT2D eigenvalue weighted by Gasteiger charge is 2.11. The first-order valence-corrected chi connectivity index (χ1v) is 8.07. The van der Waals surface area contributed by atoms with Gasteiger partial charge < -0.3 is 14.2 Å². The molecule has 122 valence electrons. The summed E-state index contributed by atoms with van der Waals surface area (Å²) in [6.07, 6.45) is 1.77. The SMILES string of the molecule is COC(=O)c1ccc(OC)c(SNc2cnc3ccccc3c2)c1. The molecule has 0 unspecified atom stereocenters. The van der Waals surface area contributed by atoms with E-state index in [0.717, 1.165) is 21.5 Å². The summed E-state index contributed by atoms with van der Waals surface area (Å²) in [5, 5.41) is 1.05. The molecule has 3 rings (SSSR count). The van der Waals surface area contributed by atoms with Crippen LogP contribution in [0.5, 0.6) is 5.75 Å². The van der Waals surface area contributed by atoms with Crippen molar-refractivity contribution >= 4 is 34.5 Å². The number of rotatable bonds is 5. The van der Waals surface area contributed by atoms with Gasteiger partial charge >= 0.3 is 5.97 Å². The highest BCUT2D eigenvalue weighted by atomic mass is 32.2. The molecule has 1 N–H and O–H groups in total. The number of fused-ring (bicyclic) bond motifs is 1. The molecule has 0 aliphatic heterocycles. The van der Waals surface area contributed by atoms with Crippen LogP contribution in [0.2, 0.25) is 0 Å². The molecule has 6 heteroatoms. The molecule has 0 atom stereocenters. The lowest BCUT2D eigenvalue weighted by atomic mass is 10.2. The van der Waals surface area contributed by atoms with E-state index in [1.165, 1.54) is 19.1 Å². The Labute approximate surface area is 144 Å². The lowest BCUT2D eigenvalue weighted by Gasteiger charge is -2.11. The van der Waals surface area contributed by atoms with Crippen molar-refractivity contribution in [1.82, 2.24) is 4.98 Å². The predicted molar refractivity (Wildman–Crippen MR) is 95.6 cm³/mol. The van der Waals surface area contributed by atoms with Gasteiger partial charge in [0, 0.05) is 5.39 Å². The summed E-state index contributed by atoms with van der Waals surface area (Å²) in [7, 11) is 2.95. The Kier molecular flexibility index (Phi) is 4.86. The number of hydrogen-bond donors (Lipinski definition) is 1. The molecule has 0 bridgehead atoms. The number of para-hydroxylation sites is 1. The number of carbonyl (C=O) groups is 1. The molecule has 2 aromatic carbocycles. The van der Waals surface area contributed by atoms with Gasteiger partial charge in [0.1, 0.15) is 5.75 Å². The molecular weight excluding hydrogens is 324 g/mol. The Morgan fingerprint density at radius 3 is 2.75 bits per heavy atom. The van der Waals surface area contributed by atoms with Gasteiger partial charge in [-0.05, 0) is 42.3 Å². The van der Waals surface area contributed by atoms with E-state index >= 15 is 0 Å². The first-order valence-electron chi connectivity index (χ1n) is 7.25. The third-order valence-corrected chi connectivity index (χ3v) is 4.33. The van der Waals surface area contributed by atoms with E-state index in [4.69, 9.17) is 9.47 Å². The fourth-order valence-corrected chi connectivity index (χ4v) is 3.02. The minimum Gasteiger partial charge on any atom is -0.496 e. The summed E-state index contributed by atoms with van der Waals surface area (Å²) < 4.78 is 13.3. The molecule has 0 amide bonds. The van der Waals surface area contributed by atoms with Gasteiger partial charge in [-0.15, -0.1) is 0 Å². The van der Waals surface area contributed by atoms with Gasteiger partial charge in [-0.25, -0.2) is 4.79 Å². The van der Waals surface area contributed by atoms with Gasteiger partial charge in [-0.3, -0.25) is 4.98 Å². The number of methoxy groups -OCH3 is 2. The number of benzene rings is 2. The van der Waals surface area contributed by atoms with Crippen molar-refractivity contribution < 1.29 is 14.3 Å². The second-order valence-electron chi connectivity index (χ2n) is 4.98. The summed E-state index contributed by atoms with van der Waals surface area (Å²) in [6.45, 7) is 0. The number of hydrogen-bond acceptors (Lipinski definition) is 6. The predicted octanol–water partition coefficient (Wildman–Crippen LogP) is 4.15. The summed E-state index contributed by atoms with van der Waals surface area (Å²) >= 11 is 1.35. The Morgan fingerprint density at radius 1 is 1.12 bits per heavy atom. The molecule has 1 aromatic heterocycles. The third-order valence-electron chi connectivity index (χ3n) is 3.45. The fourth-order valence-electron chi connectivity index (χ4n) is 2.24. The van der Waals surface area contributed by atoms with E-state index < -0.39 is 0 Å². The maximum Gasteiger partial charge on any atom is 0.337 e. The number of aromatic nitrogens is 1. The molecule has 3 aromatic rings. The lowest BCUT2D eigenvalue weighted by molar-refractivity contribution is 0.0600. The molecule has 5 nitrogen and oxygen atoms in total. The van der Waals surface area contributed by atoms with Crippen LogP contribution in [0.3, 0.4) is 0 Å². The molecule has 0 fully saturated rings. The van der Waals surface area contributed by atoms with E-state index in [0.29, 0.717) is 11.3 Å². The van der Waals surface area contributed by atoms with Gasteiger partial charge in [0.25, 0.3) is 0 Å². The molecule has 24 heavy (non-hydrogen) atoms. The van der Waals surface area contributed by atoms with Crippen molar-refractivity contribution in [3.05, 3.63) is 60.3 Å². The van der Waals surface area contributed by atoms with Gasteiger partial charge in [0.2, 0.25) is 0 Å². The number of pyridine rings is 1. The van der Waals surface area contributed by atoms with Crippen LogP contribution in [-0.2, 0) is 4.74 Å². The zero-order chi connectivity index (χ0) is 16.9. The van der Waals surface area contributed by atoms with Gasteiger partial charge in [-0.2, -0.15) is 0 Å². The lowest BCUT2D eigenvalue weighted by Crippen LogP contribution is -2.02. The van der Waals surface area contributed by atoms with Crippen LogP contribution in [0.25, 0.3) is 10.9 Å². The highest BCUT2D eigenvalue weighted by Crippen LogP contribution is 2.31. The highest BCUT2D eigenvalue weighted by molar-refractivity contribution is 8.00. The van der Waals surface area contributed by atoms with Crippen LogP contribution in [-0.4, -0.2) is 25.2 Å². The zero-order valence-corrected chi connectivity index (χ0v) is 14.1. The van der Waals surface area contributed by atoms with Crippen molar-refractivity contribution in [1.29, 1.82) is 0 Å². The summed E-state index contributed by atoms with van der Waals surface area (Å²) in [5.41, 5.74) is 2.28. The van der Waals surface area contributed by atoms with E-state index in [1.807, 2.05) is 30.3 Å². The molecular formula is C18H16N2O3S. The second kappa shape index (κ2) is 7.23. The molecule has 0 saturated carbocycles. The van der Waals surface area contributed by atoms with E-state index in [-0.39, 0.29) is 5.97 Å². The minimum absolute atomic E-state index is 0.383. The van der Waals surface area contributed by atoms with Crippen LogP contribution in [0.1, 0.15) is 10.4 Å². The topological polar surface area (TPSA) is 60.5 Å². The van der Waals surface area contributed by atoms with E-state index in [2.05, 4.69) is 9.71 Å². The summed E-state index contributed by atoms with van der Waals surface area (Å²) in [5.74, 6) is 0.292. The van der Waals surface area contributed by atoms with Crippen molar-refractivity contribution in [2.45, 2.75) is 4.90 Å². The summed E-state index contributed by atoms with van der Waals surface area (Å²) in [6, 6.07) is 15.1. The molecule has 0 aliphatic rings. The van der Waals surface area contributed by atoms with Crippen molar-refractivity contribution in [2.75, 3.05) is 18.9 Å². The molecule has 0 aliphatic carbocycles. The molecule has 0 radical (unpaired) electrons. The second-order valence-corrected chi connectivity index (χ2v) is 5.83. The van der Waals surface area contributed by atoms with Gasteiger partial charge in [-0.1, -0.05) is 18.2 Å². The smallest absolute Gasteiger partial charge is 0.337 e. The van der Waals surface area contributed by atoms with Crippen molar-refractivity contribution in [3.8, 4) is 5.75 Å². The van der Waals surface area contributed by atoms with Crippen LogP contribution in [0.15, 0.2) is 59.6 Å². The van der Waals surface area contributed by atoms with Crippen LogP contribution >= 0.6 is 11.9 Å². The zero-order valence-electron chi connectivity index (χ0n) is 13.3. The number of anilines is 1. The Bertz CT molecular complexity index is 883. The average molecular weight is 340 g/mol. The molecule has 0 saturated heterocycles. The number of ether oxygens (including phenoxy) is 2. The third kappa shape index (κ3) is 3.44. The number of carbonyl (C=O) groups excluding carboxylic acids is 1. The standard InChI is InChI=1S/C18H16N2O3S/c1-22-16-8-7-13(18(21)23-2)10-17(16)24-20-14-9-12-5-3-4-6-15(12)19-11-14/h3-11,20H,1-2H3. The number of esters is 1. The first-order chi connectivity index (χ1) is 11.7. The van der Waals surface area contributed by atoms with Crippen molar-refractivity contribution in [2.24, 2.45) is 0 Å². The largest absolute Gasteiger partial charge is 0.496 e. The maximum absolute atomic E-state index is 11.7. The normalized spacial score (nSPS) is 10.4. The van der Waals surface area contributed by atoms with Gasteiger partial charge in [0.05, 0.1) is 42.1 Å². The summed E-state index contributed by atoms with van der Waals surface area (Å²) in [4.78, 5) is 16.9. The molecule has 0 spiro atoms. The Hall–Kier alpha value is -2.73. The van der Waals surface area contributed by atoms with Crippen LogP contribution in [0.4, 0.5) is 5.69 Å². The maximum atomic E-state index is 11.7. The van der Waals surface area contributed by atoms with Gasteiger partial charge in [0.15, 0.2) is 0 Å². The van der Waals surface area contributed by atoms with Crippen LogP contribution in [0, 0.1) is 0 Å². The average Bonchev–Trinajstić information content (AvgIpc) is 2.65. The number of nitrogens with one attached hydrogen (secondary N) is 1. The van der Waals surface area contributed by atoms with E-state index in [1.54, 1.807) is 31.5 Å². The monoisotopic (exact) mass is 340 g/mol. The minimum atomic E-state index is -0.383. The first kappa shape index (κ1) is 16.1. The van der Waals surface area contributed by atoms with Crippen LogP contribution < -0.4 is 9.46 Å². The fraction of sp³-hybridized carbons (Fsp3) is 0.111. The number of nitrogens with zero attached hydrogens (tertiary/aromatic N) is 1. The Morgan fingerprint density at radius 2 is 1.96 bits per heavy atom.